The maximum Gasteiger partial charge on any atom is 0.196 e. The van der Waals surface area contributed by atoms with Crippen molar-refractivity contribution in [2.24, 2.45) is 0 Å². The SMILES string of the molecule is COc1cccc(OC)c1C(=O)Pc1c(Cl)cc(Cl)c(C(=O)c2ccccc2)c1Cl. The van der Waals surface area contributed by atoms with Gasteiger partial charge >= 0.3 is 0 Å². The molecule has 0 heterocycles. The van der Waals surface area contributed by atoms with Crippen LogP contribution in [0.2, 0.25) is 15.1 Å². The van der Waals surface area contributed by atoms with E-state index in [1.807, 2.05) is 0 Å². The van der Waals surface area contributed by atoms with E-state index in [1.54, 1.807) is 48.5 Å². The molecule has 0 amide bonds. The van der Waals surface area contributed by atoms with Crippen LogP contribution in [0, 0.1) is 0 Å². The van der Waals surface area contributed by atoms with Crippen LogP contribution in [0.25, 0.3) is 0 Å². The highest BCUT2D eigenvalue weighted by Gasteiger charge is 2.25. The van der Waals surface area contributed by atoms with E-state index in [1.165, 1.54) is 20.3 Å². The third kappa shape index (κ3) is 4.48. The second-order valence-corrected chi connectivity index (χ2v) is 8.49. The molecule has 0 aliphatic rings. The second-order valence-electron chi connectivity index (χ2n) is 6.09. The molecule has 8 heteroatoms. The van der Waals surface area contributed by atoms with Crippen LogP contribution in [0.4, 0.5) is 0 Å². The molecule has 3 aromatic carbocycles. The smallest absolute Gasteiger partial charge is 0.196 e. The van der Waals surface area contributed by atoms with Gasteiger partial charge in [-0.2, -0.15) is 0 Å². The number of ketones is 1. The zero-order chi connectivity index (χ0) is 21.8. The van der Waals surface area contributed by atoms with Crippen LogP contribution in [0.1, 0.15) is 26.3 Å². The molecule has 0 radical (unpaired) electrons. The fourth-order valence-corrected chi connectivity index (χ4v) is 5.14. The zero-order valence-electron chi connectivity index (χ0n) is 16.0. The maximum atomic E-state index is 13.1. The second kappa shape index (κ2) is 9.80. The van der Waals surface area contributed by atoms with E-state index in [4.69, 9.17) is 44.3 Å². The van der Waals surface area contributed by atoms with E-state index in [-0.39, 0.29) is 37.5 Å². The summed E-state index contributed by atoms with van der Waals surface area (Å²) in [5.74, 6) is 0.387. The van der Waals surface area contributed by atoms with Crippen molar-refractivity contribution in [3.63, 3.8) is 0 Å². The van der Waals surface area contributed by atoms with Gasteiger partial charge in [0.1, 0.15) is 17.1 Å². The maximum absolute atomic E-state index is 13.1. The highest BCUT2D eigenvalue weighted by molar-refractivity contribution is 7.66. The van der Waals surface area contributed by atoms with E-state index in [0.717, 1.165) is 0 Å². The quantitative estimate of drug-likeness (QED) is 0.305. The summed E-state index contributed by atoms with van der Waals surface area (Å²) in [5.41, 5.74) is 0.513. The van der Waals surface area contributed by atoms with Gasteiger partial charge in [-0.25, -0.2) is 0 Å². The van der Waals surface area contributed by atoms with Crippen molar-refractivity contribution in [3.05, 3.63) is 86.4 Å². The van der Waals surface area contributed by atoms with Crippen molar-refractivity contribution in [2.45, 2.75) is 0 Å². The van der Waals surface area contributed by atoms with Crippen LogP contribution in [0.5, 0.6) is 11.5 Å². The predicted octanol–water partition coefficient (Wildman–Crippen LogP) is 6.04. The van der Waals surface area contributed by atoms with Crippen molar-refractivity contribution in [1.82, 2.24) is 0 Å². The van der Waals surface area contributed by atoms with Gasteiger partial charge in [-0.15, -0.1) is 0 Å². The Kier molecular flexibility index (Phi) is 7.38. The summed E-state index contributed by atoms with van der Waals surface area (Å²) in [6, 6.07) is 15.1. The summed E-state index contributed by atoms with van der Waals surface area (Å²) in [4.78, 5) is 26.1. The molecule has 0 N–H and O–H groups in total. The summed E-state index contributed by atoms with van der Waals surface area (Å²) in [6.07, 6.45) is 0. The van der Waals surface area contributed by atoms with E-state index >= 15 is 0 Å². The van der Waals surface area contributed by atoms with E-state index < -0.39 is 8.58 Å². The number of halogens is 3. The number of methoxy groups -OCH3 is 2. The molecule has 4 nitrogen and oxygen atoms in total. The minimum atomic E-state index is -0.478. The van der Waals surface area contributed by atoms with Gasteiger partial charge in [-0.1, -0.05) is 71.2 Å². The molecule has 3 aromatic rings. The Bertz CT molecular complexity index is 1090. The summed E-state index contributed by atoms with van der Waals surface area (Å²) < 4.78 is 10.6. The number of benzene rings is 3. The first kappa shape index (κ1) is 22.6. The van der Waals surface area contributed by atoms with Crippen molar-refractivity contribution < 1.29 is 19.1 Å². The Labute approximate surface area is 190 Å². The van der Waals surface area contributed by atoms with Gasteiger partial charge in [0.25, 0.3) is 0 Å². The van der Waals surface area contributed by atoms with E-state index in [9.17, 15) is 9.59 Å². The number of carbonyl (C=O) groups excluding carboxylic acids is 2. The van der Waals surface area contributed by atoms with Crippen molar-refractivity contribution in [3.8, 4) is 11.5 Å². The number of carbonyl (C=O) groups is 2. The lowest BCUT2D eigenvalue weighted by molar-refractivity contribution is 0.103. The van der Waals surface area contributed by atoms with Gasteiger partial charge in [0.2, 0.25) is 0 Å². The Balaban J connectivity index is 2.06. The predicted molar refractivity (Wildman–Crippen MR) is 123 cm³/mol. The van der Waals surface area contributed by atoms with Gasteiger partial charge in [0.15, 0.2) is 11.3 Å². The summed E-state index contributed by atoms with van der Waals surface area (Å²) in [6.45, 7) is 0. The average molecular weight is 482 g/mol. The Hall–Kier alpha value is -2.10. The minimum absolute atomic E-state index is 0.0573. The van der Waals surface area contributed by atoms with E-state index in [0.29, 0.717) is 22.4 Å². The number of rotatable bonds is 7. The van der Waals surface area contributed by atoms with Gasteiger partial charge in [0, 0.05) is 10.9 Å². The Morgan fingerprint density at radius 2 is 1.40 bits per heavy atom. The molecule has 0 aliphatic carbocycles. The first-order valence-electron chi connectivity index (χ1n) is 8.68. The average Bonchev–Trinajstić information content (AvgIpc) is 2.76. The fourth-order valence-electron chi connectivity index (χ4n) is 2.90. The molecule has 30 heavy (non-hydrogen) atoms. The van der Waals surface area contributed by atoms with Crippen molar-refractivity contribution in [1.29, 1.82) is 0 Å². The van der Waals surface area contributed by atoms with Crippen LogP contribution in [0.15, 0.2) is 54.6 Å². The standard InChI is InChI=1S/C22H16Cl3O4P/c1-28-15-9-6-10-16(29-2)18(15)22(27)30-21-14(24)11-13(23)17(19(21)25)20(26)12-7-4-3-5-8-12/h3-11,30H,1-2H3. The van der Waals surface area contributed by atoms with Crippen molar-refractivity contribution in [2.75, 3.05) is 14.2 Å². The molecule has 0 spiro atoms. The molecule has 0 aliphatic heterocycles. The molecule has 3 rings (SSSR count). The van der Waals surface area contributed by atoms with Crippen LogP contribution in [-0.4, -0.2) is 25.5 Å². The lowest BCUT2D eigenvalue weighted by Gasteiger charge is -2.15. The molecule has 0 aromatic heterocycles. The van der Waals surface area contributed by atoms with Crippen LogP contribution < -0.4 is 14.8 Å². The fraction of sp³-hybridized carbons (Fsp3) is 0.0909. The van der Waals surface area contributed by atoms with Crippen molar-refractivity contribution >= 4 is 60.0 Å². The summed E-state index contributed by atoms with van der Waals surface area (Å²) in [5, 5.41) is 0.715. The molecule has 0 fully saturated rings. The highest BCUT2D eigenvalue weighted by atomic mass is 35.5. The number of hydrogen-bond donors (Lipinski definition) is 0. The topological polar surface area (TPSA) is 52.6 Å². The largest absolute Gasteiger partial charge is 0.496 e. The number of ether oxygens (including phenoxy) is 2. The molecule has 1 atom stereocenters. The van der Waals surface area contributed by atoms with Gasteiger partial charge < -0.3 is 9.47 Å². The molecular weight excluding hydrogens is 466 g/mol. The van der Waals surface area contributed by atoms with E-state index in [2.05, 4.69) is 0 Å². The first-order valence-corrected chi connectivity index (χ1v) is 10.8. The number of hydrogen-bond acceptors (Lipinski definition) is 4. The Morgan fingerprint density at radius 1 is 0.800 bits per heavy atom. The molecular formula is C22H16Cl3O4P. The molecule has 0 bridgehead atoms. The minimum Gasteiger partial charge on any atom is -0.496 e. The first-order chi connectivity index (χ1) is 14.4. The van der Waals surface area contributed by atoms with Crippen LogP contribution >= 0.6 is 43.4 Å². The highest BCUT2D eigenvalue weighted by Crippen LogP contribution is 2.38. The zero-order valence-corrected chi connectivity index (χ0v) is 19.2. The van der Waals surface area contributed by atoms with Gasteiger partial charge in [-0.05, 0) is 26.8 Å². The third-order valence-corrected chi connectivity index (χ3v) is 6.86. The van der Waals surface area contributed by atoms with Gasteiger partial charge in [0.05, 0.1) is 34.9 Å². The Morgan fingerprint density at radius 3 is 1.97 bits per heavy atom. The van der Waals surface area contributed by atoms with Crippen LogP contribution in [0.3, 0.4) is 0 Å². The lowest BCUT2D eigenvalue weighted by atomic mass is 10.0. The molecule has 0 saturated heterocycles. The third-order valence-electron chi connectivity index (χ3n) is 4.33. The normalized spacial score (nSPS) is 11.0. The lowest BCUT2D eigenvalue weighted by Crippen LogP contribution is -2.12. The summed E-state index contributed by atoms with van der Waals surface area (Å²) in [7, 11) is 2.45. The molecule has 0 saturated carbocycles. The molecule has 154 valence electrons. The monoisotopic (exact) mass is 480 g/mol. The summed E-state index contributed by atoms with van der Waals surface area (Å²) >= 11 is 19.2. The van der Waals surface area contributed by atoms with Crippen LogP contribution in [-0.2, 0) is 0 Å². The van der Waals surface area contributed by atoms with Gasteiger partial charge in [-0.3, -0.25) is 9.59 Å². The molecule has 1 unspecified atom stereocenters.